The van der Waals surface area contributed by atoms with Gasteiger partial charge >= 0.3 is 0 Å². The fourth-order valence-corrected chi connectivity index (χ4v) is 4.06. The Bertz CT molecular complexity index is 459. The van der Waals surface area contributed by atoms with Crippen LogP contribution in [0.4, 0.5) is 0 Å². The molecule has 2 heterocycles. The van der Waals surface area contributed by atoms with Crippen LogP contribution >= 0.6 is 0 Å². The molecule has 0 bridgehead atoms. The second-order valence-electron chi connectivity index (χ2n) is 8.34. The summed E-state index contributed by atoms with van der Waals surface area (Å²) in [6, 6.07) is 0. The Labute approximate surface area is 153 Å². The van der Waals surface area contributed by atoms with Gasteiger partial charge in [0, 0.05) is 26.2 Å². The molecule has 6 nitrogen and oxygen atoms in total. The highest BCUT2D eigenvalue weighted by molar-refractivity contribution is 6.07. The van der Waals surface area contributed by atoms with Crippen molar-refractivity contribution in [2.75, 3.05) is 26.2 Å². The summed E-state index contributed by atoms with van der Waals surface area (Å²) in [5.74, 6) is 1.44. The number of nitrogens with one attached hydrogen (secondary N) is 3. The second-order valence-corrected chi connectivity index (χ2v) is 8.34. The molecule has 1 unspecified atom stereocenters. The lowest BCUT2D eigenvalue weighted by Crippen LogP contribution is -2.45. The van der Waals surface area contributed by atoms with Gasteiger partial charge in [0.05, 0.1) is 0 Å². The van der Waals surface area contributed by atoms with Crippen molar-refractivity contribution < 1.29 is 4.79 Å². The van der Waals surface area contributed by atoms with Gasteiger partial charge in [0.25, 0.3) is 5.91 Å². The van der Waals surface area contributed by atoms with E-state index in [1.807, 2.05) is 6.92 Å². The summed E-state index contributed by atoms with van der Waals surface area (Å²) in [6.07, 6.45) is 6.56. The van der Waals surface area contributed by atoms with Gasteiger partial charge in [0.2, 0.25) is 0 Å². The van der Waals surface area contributed by atoms with Crippen LogP contribution in [0.2, 0.25) is 0 Å². The average Bonchev–Trinajstić information content (AvgIpc) is 2.75. The van der Waals surface area contributed by atoms with Crippen molar-refractivity contribution in [3.05, 3.63) is 0 Å². The van der Waals surface area contributed by atoms with E-state index in [0.717, 1.165) is 32.5 Å². The molecule has 144 valence electrons. The molecule has 0 aliphatic carbocycles. The van der Waals surface area contributed by atoms with Gasteiger partial charge in [-0.05, 0) is 50.9 Å². The molecule has 2 saturated heterocycles. The van der Waals surface area contributed by atoms with Crippen LogP contribution in [0, 0.1) is 17.2 Å². The number of rotatable bonds is 9. The van der Waals surface area contributed by atoms with Crippen LogP contribution in [0.15, 0.2) is 0 Å². The van der Waals surface area contributed by atoms with Gasteiger partial charge in [-0.2, -0.15) is 0 Å². The zero-order chi connectivity index (χ0) is 18.4. The minimum absolute atomic E-state index is 0.0740. The molecule has 0 spiro atoms. The standard InChI is InChI=1S/C19H37N5O/c1-5-6-10-21-23-11-7-16(8-12-23)9-13-24-17(25)19(4,14-15(2)3)22-18(24)20/h15-16,21H,5-14H2,1-4H3,(H2,20,22). The van der Waals surface area contributed by atoms with E-state index >= 15 is 0 Å². The molecule has 0 saturated carbocycles. The Morgan fingerprint density at radius 3 is 2.64 bits per heavy atom. The monoisotopic (exact) mass is 351 g/mol. The third-order valence-electron chi connectivity index (χ3n) is 5.44. The first-order chi connectivity index (χ1) is 11.9. The van der Waals surface area contributed by atoms with Gasteiger partial charge in [0.1, 0.15) is 5.54 Å². The summed E-state index contributed by atoms with van der Waals surface area (Å²) in [5, 5.41) is 13.6. The Kier molecular flexibility index (Phi) is 7.25. The van der Waals surface area contributed by atoms with Crippen LogP contribution in [0.5, 0.6) is 0 Å². The maximum atomic E-state index is 12.7. The van der Waals surface area contributed by atoms with Gasteiger partial charge in [-0.15, -0.1) is 0 Å². The Balaban J connectivity index is 1.75. The number of hydrazine groups is 1. The van der Waals surface area contributed by atoms with Crippen LogP contribution in [-0.2, 0) is 4.79 Å². The van der Waals surface area contributed by atoms with E-state index in [1.54, 1.807) is 4.90 Å². The Morgan fingerprint density at radius 2 is 2.04 bits per heavy atom. The molecule has 25 heavy (non-hydrogen) atoms. The number of hydrogen-bond donors (Lipinski definition) is 3. The normalized spacial score (nSPS) is 25.9. The molecule has 0 radical (unpaired) electrons. The van der Waals surface area contributed by atoms with Crippen LogP contribution in [0.1, 0.15) is 66.2 Å². The number of carbonyl (C=O) groups excluding carboxylic acids is 1. The summed E-state index contributed by atoms with van der Waals surface area (Å²) < 4.78 is 0. The van der Waals surface area contributed by atoms with Crippen molar-refractivity contribution >= 4 is 11.9 Å². The highest BCUT2D eigenvalue weighted by Crippen LogP contribution is 2.26. The molecule has 2 aliphatic heterocycles. The molecule has 0 aromatic heterocycles. The van der Waals surface area contributed by atoms with Crippen molar-refractivity contribution in [3.63, 3.8) is 0 Å². The number of piperidine rings is 1. The predicted molar refractivity (Wildman–Crippen MR) is 102 cm³/mol. The molecule has 1 amide bonds. The van der Waals surface area contributed by atoms with Crippen molar-refractivity contribution in [2.24, 2.45) is 11.8 Å². The lowest BCUT2D eigenvalue weighted by Gasteiger charge is -2.33. The van der Waals surface area contributed by atoms with Gasteiger partial charge in [-0.3, -0.25) is 20.5 Å². The second kappa shape index (κ2) is 8.99. The minimum Gasteiger partial charge on any atom is -0.342 e. The lowest BCUT2D eigenvalue weighted by molar-refractivity contribution is -0.131. The highest BCUT2D eigenvalue weighted by atomic mass is 16.2. The number of guanidine groups is 1. The predicted octanol–water partition coefficient (Wildman–Crippen LogP) is 2.56. The third kappa shape index (κ3) is 5.42. The molecule has 3 N–H and O–H groups in total. The summed E-state index contributed by atoms with van der Waals surface area (Å²) in [5.41, 5.74) is 2.91. The van der Waals surface area contributed by atoms with Crippen LogP contribution < -0.4 is 10.7 Å². The van der Waals surface area contributed by atoms with Crippen LogP contribution in [-0.4, -0.2) is 53.5 Å². The van der Waals surface area contributed by atoms with Crippen molar-refractivity contribution in [1.29, 1.82) is 5.41 Å². The maximum absolute atomic E-state index is 12.7. The summed E-state index contributed by atoms with van der Waals surface area (Å²) in [7, 11) is 0. The quantitative estimate of drug-likeness (QED) is 0.558. The topological polar surface area (TPSA) is 71.5 Å². The molecular weight excluding hydrogens is 314 g/mol. The highest BCUT2D eigenvalue weighted by Gasteiger charge is 2.45. The smallest absolute Gasteiger partial charge is 0.254 e. The van der Waals surface area contributed by atoms with E-state index in [0.29, 0.717) is 18.4 Å². The third-order valence-corrected chi connectivity index (χ3v) is 5.44. The zero-order valence-corrected chi connectivity index (χ0v) is 16.5. The number of unbranched alkanes of at least 4 members (excludes halogenated alkanes) is 1. The fourth-order valence-electron chi connectivity index (χ4n) is 4.06. The largest absolute Gasteiger partial charge is 0.342 e. The van der Waals surface area contributed by atoms with Gasteiger partial charge in [0.15, 0.2) is 5.96 Å². The number of hydrogen-bond acceptors (Lipinski definition) is 4. The Hall–Kier alpha value is -1.14. The average molecular weight is 352 g/mol. The van der Waals surface area contributed by atoms with E-state index in [1.165, 1.54) is 25.7 Å². The molecule has 2 aliphatic rings. The molecule has 0 aromatic rings. The van der Waals surface area contributed by atoms with Gasteiger partial charge < -0.3 is 5.32 Å². The van der Waals surface area contributed by atoms with Gasteiger partial charge in [-0.25, -0.2) is 5.01 Å². The Morgan fingerprint density at radius 1 is 1.36 bits per heavy atom. The number of amides is 1. The van der Waals surface area contributed by atoms with E-state index in [-0.39, 0.29) is 11.9 Å². The fraction of sp³-hybridized carbons (Fsp3) is 0.895. The minimum atomic E-state index is -0.599. The molecule has 2 fully saturated rings. The molecular formula is C19H37N5O. The maximum Gasteiger partial charge on any atom is 0.254 e. The van der Waals surface area contributed by atoms with Crippen molar-refractivity contribution in [1.82, 2.24) is 20.7 Å². The van der Waals surface area contributed by atoms with Crippen molar-refractivity contribution in [2.45, 2.75) is 71.8 Å². The van der Waals surface area contributed by atoms with E-state index < -0.39 is 5.54 Å². The summed E-state index contributed by atoms with van der Waals surface area (Å²) >= 11 is 0. The first kappa shape index (κ1) is 20.2. The van der Waals surface area contributed by atoms with E-state index in [9.17, 15) is 4.79 Å². The first-order valence-corrected chi connectivity index (χ1v) is 10.0. The van der Waals surface area contributed by atoms with Crippen molar-refractivity contribution in [3.8, 4) is 0 Å². The summed E-state index contributed by atoms with van der Waals surface area (Å²) in [4.78, 5) is 14.4. The zero-order valence-electron chi connectivity index (χ0n) is 16.5. The number of nitrogens with zero attached hydrogens (tertiary/aromatic N) is 2. The number of carbonyl (C=O) groups is 1. The van der Waals surface area contributed by atoms with Gasteiger partial charge in [-0.1, -0.05) is 27.2 Å². The molecule has 6 heteroatoms. The molecule has 1 atom stereocenters. The van der Waals surface area contributed by atoms with E-state index in [4.69, 9.17) is 5.41 Å². The van der Waals surface area contributed by atoms with Crippen LogP contribution in [0.25, 0.3) is 0 Å². The molecule has 0 aromatic carbocycles. The first-order valence-electron chi connectivity index (χ1n) is 10.0. The summed E-state index contributed by atoms with van der Waals surface area (Å²) in [6.45, 7) is 12.3. The van der Waals surface area contributed by atoms with Crippen LogP contribution in [0.3, 0.4) is 0 Å². The SMILES string of the molecule is CCCCNN1CCC(CCN2C(=N)NC(C)(CC(C)C)C2=O)CC1. The lowest BCUT2D eigenvalue weighted by atomic mass is 9.90. The molecule has 2 rings (SSSR count). The van der Waals surface area contributed by atoms with E-state index in [2.05, 4.69) is 36.5 Å².